The number of rotatable bonds is 1. The molecule has 0 bridgehead atoms. The molecule has 1 rings (SSSR count). The largest absolute Gasteiger partial charge is 0.358 e. The second kappa shape index (κ2) is 4.49. The van der Waals surface area contributed by atoms with Crippen LogP contribution in [0.3, 0.4) is 0 Å². The van der Waals surface area contributed by atoms with E-state index in [2.05, 4.69) is 35.9 Å². The Kier molecular flexibility index (Phi) is 3.73. The van der Waals surface area contributed by atoms with E-state index in [0.717, 1.165) is 19.6 Å². The number of nitrogens with zero attached hydrogens (tertiary/aromatic N) is 2. The Bertz CT molecular complexity index is 234. The Morgan fingerprint density at radius 2 is 1.93 bits per heavy atom. The van der Waals surface area contributed by atoms with E-state index < -0.39 is 0 Å². The van der Waals surface area contributed by atoms with Crippen LogP contribution in [-0.2, 0) is 4.79 Å². The van der Waals surface area contributed by atoms with Gasteiger partial charge in [0.05, 0.1) is 0 Å². The van der Waals surface area contributed by atoms with Gasteiger partial charge in [-0.15, -0.1) is 0 Å². The first kappa shape index (κ1) is 12.5. The predicted octanol–water partition coefficient (Wildman–Crippen LogP) is 0.147. The fraction of sp³-hybridized carbons (Fsp3) is 0.909. The molecule has 15 heavy (non-hydrogen) atoms. The fourth-order valence-corrected chi connectivity index (χ4v) is 1.93. The predicted molar refractivity (Wildman–Crippen MR) is 61.8 cm³/mol. The normalized spacial score (nSPS) is 25.3. The van der Waals surface area contributed by atoms with Crippen molar-refractivity contribution < 1.29 is 4.79 Å². The van der Waals surface area contributed by atoms with Gasteiger partial charge >= 0.3 is 0 Å². The molecule has 1 saturated heterocycles. The summed E-state index contributed by atoms with van der Waals surface area (Å²) in [5, 5.41) is 2.73. The highest BCUT2D eigenvalue weighted by Gasteiger charge is 2.33. The van der Waals surface area contributed by atoms with E-state index in [4.69, 9.17) is 0 Å². The number of piperazine rings is 1. The van der Waals surface area contributed by atoms with Crippen LogP contribution in [0.15, 0.2) is 0 Å². The molecule has 4 heteroatoms. The molecule has 1 atom stereocenters. The Labute approximate surface area is 92.6 Å². The zero-order valence-corrected chi connectivity index (χ0v) is 10.5. The van der Waals surface area contributed by atoms with Gasteiger partial charge in [0.15, 0.2) is 0 Å². The average molecular weight is 213 g/mol. The van der Waals surface area contributed by atoms with Gasteiger partial charge in [0.1, 0.15) is 6.04 Å². The second-order valence-corrected chi connectivity index (χ2v) is 5.23. The molecule has 0 saturated carbocycles. The summed E-state index contributed by atoms with van der Waals surface area (Å²) < 4.78 is 0. The lowest BCUT2D eigenvalue weighted by atomic mass is 10.0. The van der Waals surface area contributed by atoms with E-state index in [1.165, 1.54) is 0 Å². The maximum absolute atomic E-state index is 11.7. The molecule has 1 fully saturated rings. The SMILES string of the molecule is CNC(=O)C1CN(C(C)(C)C)CCN1C. The van der Waals surface area contributed by atoms with E-state index in [1.807, 2.05) is 7.05 Å². The number of hydrogen-bond donors (Lipinski definition) is 1. The van der Waals surface area contributed by atoms with Crippen LogP contribution in [-0.4, -0.2) is 61.0 Å². The molecule has 1 heterocycles. The quantitative estimate of drug-likeness (QED) is 0.673. The van der Waals surface area contributed by atoms with Crippen LogP contribution in [0.5, 0.6) is 0 Å². The van der Waals surface area contributed by atoms with Gasteiger partial charge in [-0.05, 0) is 27.8 Å². The maximum Gasteiger partial charge on any atom is 0.238 e. The highest BCUT2D eigenvalue weighted by atomic mass is 16.2. The van der Waals surface area contributed by atoms with Crippen LogP contribution >= 0.6 is 0 Å². The van der Waals surface area contributed by atoms with Gasteiger partial charge in [-0.2, -0.15) is 0 Å². The summed E-state index contributed by atoms with van der Waals surface area (Å²) in [5.41, 5.74) is 0.146. The molecule has 0 aliphatic carbocycles. The number of hydrogen-bond acceptors (Lipinski definition) is 3. The van der Waals surface area contributed by atoms with Gasteiger partial charge in [0, 0.05) is 32.2 Å². The maximum atomic E-state index is 11.7. The molecular weight excluding hydrogens is 190 g/mol. The van der Waals surface area contributed by atoms with Gasteiger partial charge in [0.2, 0.25) is 5.91 Å². The molecule has 1 aliphatic heterocycles. The zero-order chi connectivity index (χ0) is 11.6. The highest BCUT2D eigenvalue weighted by Crippen LogP contribution is 2.18. The average Bonchev–Trinajstić information content (AvgIpc) is 2.15. The minimum Gasteiger partial charge on any atom is -0.358 e. The van der Waals surface area contributed by atoms with E-state index in [1.54, 1.807) is 7.05 Å². The van der Waals surface area contributed by atoms with Crippen molar-refractivity contribution in [3.63, 3.8) is 0 Å². The van der Waals surface area contributed by atoms with Crippen molar-refractivity contribution in [2.45, 2.75) is 32.4 Å². The van der Waals surface area contributed by atoms with Crippen LogP contribution in [0.4, 0.5) is 0 Å². The summed E-state index contributed by atoms with van der Waals surface area (Å²) in [7, 11) is 3.71. The number of likely N-dealkylation sites (N-methyl/N-ethyl adjacent to an activating group) is 2. The first-order chi connectivity index (χ1) is 6.86. The Hall–Kier alpha value is -0.610. The fourth-order valence-electron chi connectivity index (χ4n) is 1.93. The minimum absolute atomic E-state index is 0.0111. The van der Waals surface area contributed by atoms with E-state index in [-0.39, 0.29) is 17.5 Å². The topological polar surface area (TPSA) is 35.6 Å². The van der Waals surface area contributed by atoms with Gasteiger partial charge in [-0.3, -0.25) is 14.6 Å². The Balaban J connectivity index is 2.68. The number of nitrogens with one attached hydrogen (secondary N) is 1. The minimum atomic E-state index is -0.0111. The van der Waals surface area contributed by atoms with E-state index >= 15 is 0 Å². The van der Waals surface area contributed by atoms with Gasteiger partial charge < -0.3 is 5.32 Å². The van der Waals surface area contributed by atoms with Crippen molar-refractivity contribution >= 4 is 5.91 Å². The standard InChI is InChI=1S/C11H23N3O/c1-11(2,3)14-7-6-13(5)9(8-14)10(15)12-4/h9H,6-8H2,1-5H3,(H,12,15). The number of carbonyl (C=O) groups excluding carboxylic acids is 1. The summed E-state index contributed by atoms with van der Waals surface area (Å²) >= 11 is 0. The third-order valence-corrected chi connectivity index (χ3v) is 3.15. The third-order valence-electron chi connectivity index (χ3n) is 3.15. The third kappa shape index (κ3) is 2.92. The summed E-state index contributed by atoms with van der Waals surface area (Å²) in [5.74, 6) is 0.117. The molecule has 1 N–H and O–H groups in total. The molecule has 0 aromatic heterocycles. The highest BCUT2D eigenvalue weighted by molar-refractivity contribution is 5.81. The molecule has 4 nitrogen and oxygen atoms in total. The number of carbonyl (C=O) groups is 1. The van der Waals surface area contributed by atoms with Crippen molar-refractivity contribution in [3.05, 3.63) is 0 Å². The van der Waals surface area contributed by atoms with Crippen LogP contribution in [0, 0.1) is 0 Å². The summed E-state index contributed by atoms with van der Waals surface area (Å²) in [6.07, 6.45) is 0. The second-order valence-electron chi connectivity index (χ2n) is 5.23. The first-order valence-electron chi connectivity index (χ1n) is 5.53. The Morgan fingerprint density at radius 3 is 2.40 bits per heavy atom. The molecular formula is C11H23N3O. The van der Waals surface area contributed by atoms with Gasteiger partial charge in [0.25, 0.3) is 0 Å². The summed E-state index contributed by atoms with van der Waals surface area (Å²) in [4.78, 5) is 16.2. The lowest BCUT2D eigenvalue weighted by Crippen LogP contribution is -2.61. The Morgan fingerprint density at radius 1 is 1.33 bits per heavy atom. The van der Waals surface area contributed by atoms with Crippen molar-refractivity contribution in [2.75, 3.05) is 33.7 Å². The molecule has 1 aliphatic rings. The van der Waals surface area contributed by atoms with E-state index in [0.29, 0.717) is 0 Å². The smallest absolute Gasteiger partial charge is 0.238 e. The molecule has 88 valence electrons. The summed E-state index contributed by atoms with van der Waals surface area (Å²) in [6, 6.07) is -0.0111. The van der Waals surface area contributed by atoms with Gasteiger partial charge in [-0.25, -0.2) is 0 Å². The monoisotopic (exact) mass is 213 g/mol. The molecule has 0 aromatic rings. The van der Waals surface area contributed by atoms with Crippen LogP contribution in [0.25, 0.3) is 0 Å². The molecule has 1 unspecified atom stereocenters. The number of amides is 1. The first-order valence-corrected chi connectivity index (χ1v) is 5.53. The van der Waals surface area contributed by atoms with Crippen LogP contribution in [0.1, 0.15) is 20.8 Å². The van der Waals surface area contributed by atoms with E-state index in [9.17, 15) is 4.79 Å². The molecule has 0 aromatic carbocycles. The molecule has 0 spiro atoms. The van der Waals surface area contributed by atoms with Crippen molar-refractivity contribution in [1.82, 2.24) is 15.1 Å². The van der Waals surface area contributed by atoms with Crippen molar-refractivity contribution in [3.8, 4) is 0 Å². The zero-order valence-electron chi connectivity index (χ0n) is 10.5. The lowest BCUT2D eigenvalue weighted by molar-refractivity contribution is -0.128. The lowest BCUT2D eigenvalue weighted by Gasteiger charge is -2.44. The molecule has 1 amide bonds. The van der Waals surface area contributed by atoms with Crippen molar-refractivity contribution in [1.29, 1.82) is 0 Å². The van der Waals surface area contributed by atoms with Crippen LogP contribution in [0.2, 0.25) is 0 Å². The summed E-state index contributed by atoms with van der Waals surface area (Å²) in [6.45, 7) is 9.39. The van der Waals surface area contributed by atoms with Gasteiger partial charge in [-0.1, -0.05) is 0 Å². The molecule has 0 radical (unpaired) electrons. The van der Waals surface area contributed by atoms with Crippen molar-refractivity contribution in [2.24, 2.45) is 0 Å². The van der Waals surface area contributed by atoms with Crippen LogP contribution < -0.4 is 5.32 Å².